The smallest absolute Gasteiger partial charge is 0.266 e. The molecule has 0 aliphatic carbocycles. The summed E-state index contributed by atoms with van der Waals surface area (Å²) in [6.07, 6.45) is 2.36. The van der Waals surface area contributed by atoms with E-state index in [9.17, 15) is 4.79 Å². The standard InChI is InChI=1S/C17H18N6OS/c1-11-20-21-15-10-22(16(24)14-8-19-17(18)25-14)9-13(23(11)15)7-12-5-3-2-4-6-12/h2-6,8,13H,7,9-10H2,1H3,(H2,18,19)/t13-/m1/s1. The fraction of sp³-hybridized carbons (Fsp3) is 0.294. The Morgan fingerprint density at radius 1 is 1.32 bits per heavy atom. The number of fused-ring (bicyclic) bond motifs is 1. The number of nitrogens with two attached hydrogens (primary N) is 1. The van der Waals surface area contributed by atoms with Crippen molar-refractivity contribution in [2.24, 2.45) is 0 Å². The summed E-state index contributed by atoms with van der Waals surface area (Å²) < 4.78 is 2.15. The van der Waals surface area contributed by atoms with Crippen molar-refractivity contribution >= 4 is 22.4 Å². The Balaban J connectivity index is 1.63. The predicted octanol–water partition coefficient (Wildman–Crippen LogP) is 2.07. The van der Waals surface area contributed by atoms with Gasteiger partial charge in [0.15, 0.2) is 11.0 Å². The van der Waals surface area contributed by atoms with Crippen LogP contribution in [0.25, 0.3) is 0 Å². The number of hydrogen-bond donors (Lipinski definition) is 1. The van der Waals surface area contributed by atoms with Crippen LogP contribution in [-0.4, -0.2) is 37.1 Å². The summed E-state index contributed by atoms with van der Waals surface area (Å²) in [5.41, 5.74) is 6.89. The summed E-state index contributed by atoms with van der Waals surface area (Å²) >= 11 is 1.21. The van der Waals surface area contributed by atoms with E-state index in [1.165, 1.54) is 16.9 Å². The molecule has 2 aromatic heterocycles. The van der Waals surface area contributed by atoms with Gasteiger partial charge in [0.05, 0.1) is 18.8 Å². The fourth-order valence-electron chi connectivity index (χ4n) is 3.31. The SMILES string of the molecule is Cc1nnc2n1[C@H](Cc1ccccc1)CN(C(=O)c1cnc(N)s1)C2. The summed E-state index contributed by atoms with van der Waals surface area (Å²) in [5, 5.41) is 8.87. The van der Waals surface area contributed by atoms with Gasteiger partial charge in [0.2, 0.25) is 0 Å². The van der Waals surface area contributed by atoms with Crippen molar-refractivity contribution < 1.29 is 4.79 Å². The van der Waals surface area contributed by atoms with Gasteiger partial charge in [-0.15, -0.1) is 10.2 Å². The van der Waals surface area contributed by atoms with Gasteiger partial charge < -0.3 is 15.2 Å². The van der Waals surface area contributed by atoms with Gasteiger partial charge in [-0.3, -0.25) is 4.79 Å². The number of nitrogen functional groups attached to an aromatic ring is 1. The third-order valence-electron chi connectivity index (χ3n) is 4.40. The largest absolute Gasteiger partial charge is 0.375 e. The predicted molar refractivity (Wildman–Crippen MR) is 95.2 cm³/mol. The molecule has 0 spiro atoms. The van der Waals surface area contributed by atoms with E-state index in [1.807, 2.05) is 30.0 Å². The van der Waals surface area contributed by atoms with E-state index in [-0.39, 0.29) is 11.9 Å². The van der Waals surface area contributed by atoms with E-state index < -0.39 is 0 Å². The van der Waals surface area contributed by atoms with Crippen molar-refractivity contribution in [2.75, 3.05) is 12.3 Å². The molecule has 0 unspecified atom stereocenters. The molecule has 4 rings (SSSR count). The number of thiazole rings is 1. The molecule has 0 radical (unpaired) electrons. The van der Waals surface area contributed by atoms with Crippen molar-refractivity contribution in [3.8, 4) is 0 Å². The lowest BCUT2D eigenvalue weighted by Crippen LogP contribution is -2.42. The summed E-state index contributed by atoms with van der Waals surface area (Å²) in [4.78, 5) is 19.2. The number of aromatic nitrogens is 4. The maximum Gasteiger partial charge on any atom is 0.266 e. The van der Waals surface area contributed by atoms with E-state index in [1.54, 1.807) is 6.20 Å². The quantitative estimate of drug-likeness (QED) is 0.777. The molecular weight excluding hydrogens is 336 g/mol. The minimum absolute atomic E-state index is 0.0563. The first kappa shape index (κ1) is 15.8. The molecule has 128 valence electrons. The van der Waals surface area contributed by atoms with Gasteiger partial charge in [-0.2, -0.15) is 0 Å². The molecule has 0 saturated heterocycles. The summed E-state index contributed by atoms with van der Waals surface area (Å²) in [6.45, 7) is 3.01. The lowest BCUT2D eigenvalue weighted by Gasteiger charge is -2.34. The zero-order valence-electron chi connectivity index (χ0n) is 13.8. The van der Waals surface area contributed by atoms with Gasteiger partial charge in [-0.25, -0.2) is 4.98 Å². The highest BCUT2D eigenvalue weighted by atomic mass is 32.1. The Bertz CT molecular complexity index is 903. The Kier molecular flexibility index (Phi) is 3.96. The molecule has 0 saturated carbocycles. The Morgan fingerprint density at radius 2 is 2.12 bits per heavy atom. The Labute approximate surface area is 149 Å². The zero-order valence-corrected chi connectivity index (χ0v) is 14.6. The summed E-state index contributed by atoms with van der Waals surface area (Å²) in [6, 6.07) is 10.4. The molecule has 8 heteroatoms. The van der Waals surface area contributed by atoms with E-state index >= 15 is 0 Å². The number of hydrogen-bond acceptors (Lipinski definition) is 6. The van der Waals surface area contributed by atoms with Crippen LogP contribution < -0.4 is 5.73 Å². The lowest BCUT2D eigenvalue weighted by molar-refractivity contribution is 0.0676. The second kappa shape index (κ2) is 6.29. The molecule has 1 atom stereocenters. The average Bonchev–Trinajstić information content (AvgIpc) is 3.21. The minimum atomic E-state index is -0.0563. The number of anilines is 1. The number of carbonyl (C=O) groups is 1. The monoisotopic (exact) mass is 354 g/mol. The average molecular weight is 354 g/mol. The van der Waals surface area contributed by atoms with Crippen molar-refractivity contribution in [1.29, 1.82) is 0 Å². The first-order valence-electron chi connectivity index (χ1n) is 8.06. The van der Waals surface area contributed by atoms with Gasteiger partial charge in [0.25, 0.3) is 5.91 Å². The maximum atomic E-state index is 12.8. The molecule has 25 heavy (non-hydrogen) atoms. The molecule has 2 N–H and O–H groups in total. The van der Waals surface area contributed by atoms with Crippen LogP contribution in [-0.2, 0) is 13.0 Å². The highest BCUT2D eigenvalue weighted by molar-refractivity contribution is 7.17. The van der Waals surface area contributed by atoms with Crippen molar-refractivity contribution in [2.45, 2.75) is 25.9 Å². The molecular formula is C17H18N6OS. The molecule has 3 aromatic rings. The van der Waals surface area contributed by atoms with Crippen LogP contribution in [0.15, 0.2) is 36.5 Å². The van der Waals surface area contributed by atoms with E-state index in [0.717, 1.165) is 18.1 Å². The minimum Gasteiger partial charge on any atom is -0.375 e. The van der Waals surface area contributed by atoms with E-state index in [2.05, 4.69) is 31.9 Å². The summed E-state index contributed by atoms with van der Waals surface area (Å²) in [5.74, 6) is 1.64. The van der Waals surface area contributed by atoms with Crippen LogP contribution in [0, 0.1) is 6.92 Å². The second-order valence-electron chi connectivity index (χ2n) is 6.13. The number of aryl methyl sites for hydroxylation is 1. The third-order valence-corrected chi connectivity index (χ3v) is 5.22. The van der Waals surface area contributed by atoms with Gasteiger partial charge in [-0.05, 0) is 18.9 Å². The second-order valence-corrected chi connectivity index (χ2v) is 7.19. The number of benzene rings is 1. The zero-order chi connectivity index (χ0) is 17.4. The van der Waals surface area contributed by atoms with Crippen LogP contribution in [0.3, 0.4) is 0 Å². The first-order valence-corrected chi connectivity index (χ1v) is 8.88. The number of carbonyl (C=O) groups excluding carboxylic acids is 1. The first-order chi connectivity index (χ1) is 12.1. The van der Waals surface area contributed by atoms with Gasteiger partial charge >= 0.3 is 0 Å². The molecule has 1 aliphatic heterocycles. The van der Waals surface area contributed by atoms with Crippen molar-refractivity contribution in [3.05, 3.63) is 58.6 Å². The fourth-order valence-corrected chi connectivity index (χ4v) is 3.96. The highest BCUT2D eigenvalue weighted by Crippen LogP contribution is 2.27. The van der Waals surface area contributed by atoms with Crippen LogP contribution in [0.4, 0.5) is 5.13 Å². The highest BCUT2D eigenvalue weighted by Gasteiger charge is 2.31. The Morgan fingerprint density at radius 3 is 2.84 bits per heavy atom. The number of amides is 1. The summed E-state index contributed by atoms with van der Waals surface area (Å²) in [7, 11) is 0. The van der Waals surface area contributed by atoms with Gasteiger partial charge in [-0.1, -0.05) is 41.7 Å². The van der Waals surface area contributed by atoms with Gasteiger partial charge in [0, 0.05) is 6.54 Å². The van der Waals surface area contributed by atoms with Gasteiger partial charge in [0.1, 0.15) is 10.7 Å². The molecule has 1 aromatic carbocycles. The van der Waals surface area contributed by atoms with Crippen molar-refractivity contribution in [1.82, 2.24) is 24.6 Å². The van der Waals surface area contributed by atoms with Crippen LogP contribution in [0.2, 0.25) is 0 Å². The van der Waals surface area contributed by atoms with E-state index in [4.69, 9.17) is 5.73 Å². The Hall–Kier alpha value is -2.74. The molecule has 7 nitrogen and oxygen atoms in total. The van der Waals surface area contributed by atoms with E-state index in [0.29, 0.717) is 23.1 Å². The molecule has 1 aliphatic rings. The molecule has 1 amide bonds. The van der Waals surface area contributed by atoms with Crippen LogP contribution >= 0.6 is 11.3 Å². The van der Waals surface area contributed by atoms with Crippen LogP contribution in [0.5, 0.6) is 0 Å². The molecule has 0 bridgehead atoms. The number of rotatable bonds is 3. The van der Waals surface area contributed by atoms with Crippen LogP contribution in [0.1, 0.15) is 32.9 Å². The topological polar surface area (TPSA) is 89.9 Å². The number of nitrogens with zero attached hydrogens (tertiary/aromatic N) is 5. The maximum absolute atomic E-state index is 12.8. The van der Waals surface area contributed by atoms with Crippen molar-refractivity contribution in [3.63, 3.8) is 0 Å². The lowest BCUT2D eigenvalue weighted by atomic mass is 10.0. The normalized spacial score (nSPS) is 16.7. The third kappa shape index (κ3) is 3.00. The molecule has 0 fully saturated rings. The molecule has 3 heterocycles.